The van der Waals surface area contributed by atoms with Gasteiger partial charge in [0.2, 0.25) is 0 Å². The van der Waals surface area contributed by atoms with Crippen LogP contribution in [0.25, 0.3) is 10.1 Å². The summed E-state index contributed by atoms with van der Waals surface area (Å²) in [6, 6.07) is 11.1. The van der Waals surface area contributed by atoms with Gasteiger partial charge in [0.15, 0.2) is 0 Å². The van der Waals surface area contributed by atoms with E-state index in [1.54, 1.807) is 0 Å². The first-order valence-electron chi connectivity index (χ1n) is 5.96. The highest BCUT2D eigenvalue weighted by molar-refractivity contribution is 7.19. The van der Waals surface area contributed by atoms with Crippen LogP contribution >= 0.6 is 11.3 Å². The van der Waals surface area contributed by atoms with Crippen LogP contribution in [-0.2, 0) is 0 Å². The zero-order valence-electron chi connectivity index (χ0n) is 9.94. The van der Waals surface area contributed by atoms with Crippen LogP contribution in [0.5, 0.6) is 0 Å². The number of benzene rings is 1. The Morgan fingerprint density at radius 2 is 2.06 bits per heavy atom. The van der Waals surface area contributed by atoms with Gasteiger partial charge in [0.05, 0.1) is 0 Å². The molecule has 2 unspecified atom stereocenters. The van der Waals surface area contributed by atoms with Gasteiger partial charge in [0.1, 0.15) is 0 Å². The second-order valence-corrected chi connectivity index (χ2v) is 5.54. The van der Waals surface area contributed by atoms with E-state index in [9.17, 15) is 0 Å². The minimum atomic E-state index is 0.290. The molecule has 2 atom stereocenters. The van der Waals surface area contributed by atoms with E-state index >= 15 is 0 Å². The first-order valence-corrected chi connectivity index (χ1v) is 6.78. The predicted octanol–water partition coefficient (Wildman–Crippen LogP) is 4.13. The zero-order valence-corrected chi connectivity index (χ0v) is 10.8. The molecule has 0 aliphatic heterocycles. The summed E-state index contributed by atoms with van der Waals surface area (Å²) in [4.78, 5) is 1.42. The number of hydrogen-bond donors (Lipinski definition) is 1. The van der Waals surface area contributed by atoms with Crippen LogP contribution in [0.1, 0.15) is 37.5 Å². The van der Waals surface area contributed by atoms with E-state index in [0.29, 0.717) is 5.92 Å². The molecule has 1 nitrogen and oxygen atoms in total. The average Bonchev–Trinajstić information content (AvgIpc) is 2.71. The molecule has 2 heteroatoms. The maximum absolute atomic E-state index is 6.19. The Balaban J connectivity index is 2.26. The van der Waals surface area contributed by atoms with Crippen LogP contribution in [0.2, 0.25) is 0 Å². The van der Waals surface area contributed by atoms with Crippen molar-refractivity contribution in [3.8, 4) is 0 Å². The number of rotatable bonds is 4. The Morgan fingerprint density at radius 1 is 1.31 bits per heavy atom. The lowest BCUT2D eigenvalue weighted by Crippen LogP contribution is -2.25. The molecule has 2 N–H and O–H groups in total. The molecule has 0 fully saturated rings. The second kappa shape index (κ2) is 4.98. The van der Waals surface area contributed by atoms with Crippen LogP contribution in [-0.4, -0.2) is 6.04 Å². The molecule has 0 aliphatic rings. The molecule has 1 aromatic carbocycles. The molecule has 0 saturated heterocycles. The first-order chi connectivity index (χ1) is 7.72. The predicted molar refractivity (Wildman–Crippen MR) is 73.1 cm³/mol. The number of thiophene rings is 1. The van der Waals surface area contributed by atoms with E-state index < -0.39 is 0 Å². The van der Waals surface area contributed by atoms with Gasteiger partial charge in [-0.2, -0.15) is 0 Å². The van der Waals surface area contributed by atoms with E-state index in [-0.39, 0.29) is 6.04 Å². The van der Waals surface area contributed by atoms with Crippen LogP contribution in [0.3, 0.4) is 0 Å². The molecule has 1 aromatic heterocycles. The van der Waals surface area contributed by atoms with Gasteiger partial charge >= 0.3 is 0 Å². The largest absolute Gasteiger partial charge is 0.327 e. The lowest BCUT2D eigenvalue weighted by molar-refractivity contribution is 0.528. The Labute approximate surface area is 101 Å². The summed E-state index contributed by atoms with van der Waals surface area (Å²) in [7, 11) is 0. The fraction of sp³-hybridized carbons (Fsp3) is 0.429. The zero-order chi connectivity index (χ0) is 11.5. The molecule has 1 heterocycles. The molecule has 0 spiro atoms. The summed E-state index contributed by atoms with van der Waals surface area (Å²) < 4.78 is 1.37. The molecule has 2 rings (SSSR count). The highest BCUT2D eigenvalue weighted by atomic mass is 32.1. The summed E-state index contributed by atoms with van der Waals surface area (Å²) in [5.74, 6) is 0.470. The van der Waals surface area contributed by atoms with Crippen LogP contribution in [0.4, 0.5) is 0 Å². The average molecular weight is 233 g/mol. The van der Waals surface area contributed by atoms with Crippen molar-refractivity contribution >= 4 is 21.4 Å². The van der Waals surface area contributed by atoms with E-state index in [1.165, 1.54) is 15.0 Å². The van der Waals surface area contributed by atoms with Crippen molar-refractivity contribution in [2.75, 3.05) is 0 Å². The normalized spacial score (nSPS) is 15.2. The van der Waals surface area contributed by atoms with Gasteiger partial charge in [0.25, 0.3) is 0 Å². The van der Waals surface area contributed by atoms with Crippen LogP contribution < -0.4 is 5.73 Å². The molecule has 0 saturated carbocycles. The maximum Gasteiger partial charge on any atom is 0.0345 e. The molecule has 2 aromatic rings. The lowest BCUT2D eigenvalue weighted by atomic mass is 9.97. The first kappa shape index (κ1) is 11.6. The highest BCUT2D eigenvalue weighted by Crippen LogP contribution is 2.32. The van der Waals surface area contributed by atoms with E-state index in [0.717, 1.165) is 12.8 Å². The summed E-state index contributed by atoms with van der Waals surface area (Å²) >= 11 is 1.88. The van der Waals surface area contributed by atoms with Crippen molar-refractivity contribution in [1.82, 2.24) is 0 Å². The van der Waals surface area contributed by atoms with E-state index in [1.807, 2.05) is 11.3 Å². The number of fused-ring (bicyclic) bond motifs is 1. The molecular weight excluding hydrogens is 214 g/mol. The number of nitrogens with two attached hydrogens (primary N) is 1. The fourth-order valence-electron chi connectivity index (χ4n) is 2.02. The SMILES string of the molecule is CCCC(N)C(C)c1cc2ccccc2s1. The van der Waals surface area contributed by atoms with Gasteiger partial charge in [-0.3, -0.25) is 0 Å². The monoisotopic (exact) mass is 233 g/mol. The third kappa shape index (κ3) is 2.28. The third-order valence-corrected chi connectivity index (χ3v) is 4.47. The Kier molecular flexibility index (Phi) is 3.62. The molecular formula is C14H19NS. The van der Waals surface area contributed by atoms with Crippen LogP contribution in [0, 0.1) is 0 Å². The highest BCUT2D eigenvalue weighted by Gasteiger charge is 2.16. The lowest BCUT2D eigenvalue weighted by Gasteiger charge is -2.17. The Bertz CT molecular complexity index is 427. The summed E-state index contributed by atoms with van der Waals surface area (Å²) in [5, 5.41) is 1.35. The van der Waals surface area contributed by atoms with Crippen LogP contribution in [0.15, 0.2) is 30.3 Å². The van der Waals surface area contributed by atoms with Crippen molar-refractivity contribution < 1.29 is 0 Å². The van der Waals surface area contributed by atoms with Gasteiger partial charge in [-0.1, -0.05) is 38.5 Å². The summed E-state index contributed by atoms with van der Waals surface area (Å²) in [5.41, 5.74) is 6.19. The minimum absolute atomic E-state index is 0.290. The van der Waals surface area contributed by atoms with Gasteiger partial charge < -0.3 is 5.73 Å². The van der Waals surface area contributed by atoms with Crippen molar-refractivity contribution in [3.05, 3.63) is 35.2 Å². The summed E-state index contributed by atoms with van der Waals surface area (Å²) in [6.07, 6.45) is 2.27. The molecule has 0 radical (unpaired) electrons. The second-order valence-electron chi connectivity index (χ2n) is 4.43. The Morgan fingerprint density at radius 3 is 2.75 bits per heavy atom. The molecule has 86 valence electrons. The smallest absolute Gasteiger partial charge is 0.0345 e. The third-order valence-electron chi connectivity index (χ3n) is 3.16. The van der Waals surface area contributed by atoms with Gasteiger partial charge in [-0.05, 0) is 23.9 Å². The standard InChI is InChI=1S/C14H19NS/c1-3-6-12(15)10(2)14-9-11-7-4-5-8-13(11)16-14/h4-5,7-10,12H,3,6,15H2,1-2H3. The minimum Gasteiger partial charge on any atom is -0.327 e. The maximum atomic E-state index is 6.19. The van der Waals surface area contributed by atoms with Crippen molar-refractivity contribution in [2.45, 2.75) is 38.6 Å². The summed E-state index contributed by atoms with van der Waals surface area (Å²) in [6.45, 7) is 4.43. The van der Waals surface area contributed by atoms with Gasteiger partial charge in [-0.25, -0.2) is 0 Å². The topological polar surface area (TPSA) is 26.0 Å². The Hall–Kier alpha value is -0.860. The van der Waals surface area contributed by atoms with Gasteiger partial charge in [-0.15, -0.1) is 11.3 Å². The molecule has 0 bridgehead atoms. The fourth-order valence-corrected chi connectivity index (χ4v) is 3.21. The van der Waals surface area contributed by atoms with Gasteiger partial charge in [0, 0.05) is 21.5 Å². The van der Waals surface area contributed by atoms with E-state index in [2.05, 4.69) is 44.2 Å². The number of hydrogen-bond acceptors (Lipinski definition) is 2. The van der Waals surface area contributed by atoms with E-state index in [4.69, 9.17) is 5.73 Å². The van der Waals surface area contributed by atoms with Crippen molar-refractivity contribution in [3.63, 3.8) is 0 Å². The molecule has 16 heavy (non-hydrogen) atoms. The molecule has 0 aliphatic carbocycles. The molecule has 0 amide bonds. The van der Waals surface area contributed by atoms with Crippen molar-refractivity contribution in [1.29, 1.82) is 0 Å². The quantitative estimate of drug-likeness (QED) is 0.844. The van der Waals surface area contributed by atoms with Crippen molar-refractivity contribution in [2.24, 2.45) is 5.73 Å².